The zero-order valence-electron chi connectivity index (χ0n) is 8.98. The van der Waals surface area contributed by atoms with Crippen molar-refractivity contribution in [1.29, 1.82) is 0 Å². The van der Waals surface area contributed by atoms with E-state index in [9.17, 15) is 0 Å². The van der Waals surface area contributed by atoms with Gasteiger partial charge in [0.25, 0.3) is 0 Å². The highest BCUT2D eigenvalue weighted by Gasteiger charge is 2.37. The number of hydrogen-bond donors (Lipinski definition) is 1. The van der Waals surface area contributed by atoms with Crippen LogP contribution in [0, 0.1) is 0 Å². The SMILES string of the molecule is CC1NCCC1(C)c1ccc(Cl)c(Cl)c1. The first-order chi connectivity index (χ1) is 7.04. The quantitative estimate of drug-likeness (QED) is 0.795. The highest BCUT2D eigenvalue weighted by atomic mass is 35.5. The first-order valence-corrected chi connectivity index (χ1v) is 5.98. The summed E-state index contributed by atoms with van der Waals surface area (Å²) >= 11 is 12.0. The van der Waals surface area contributed by atoms with Crippen molar-refractivity contribution in [2.45, 2.75) is 31.7 Å². The maximum absolute atomic E-state index is 6.05. The van der Waals surface area contributed by atoms with Gasteiger partial charge in [-0.1, -0.05) is 36.2 Å². The molecule has 2 atom stereocenters. The second kappa shape index (κ2) is 3.97. The lowest BCUT2D eigenvalue weighted by atomic mass is 9.77. The molecule has 1 nitrogen and oxygen atoms in total. The van der Waals surface area contributed by atoms with Gasteiger partial charge in [0.05, 0.1) is 10.0 Å². The Morgan fingerprint density at radius 1 is 1.33 bits per heavy atom. The second-order valence-electron chi connectivity index (χ2n) is 4.47. The molecule has 1 aromatic rings. The van der Waals surface area contributed by atoms with Crippen molar-refractivity contribution in [3.63, 3.8) is 0 Å². The first-order valence-electron chi connectivity index (χ1n) is 5.23. The molecular formula is C12H15Cl2N. The van der Waals surface area contributed by atoms with E-state index in [1.165, 1.54) is 5.56 Å². The molecule has 0 radical (unpaired) electrons. The third kappa shape index (κ3) is 1.89. The predicted molar refractivity (Wildman–Crippen MR) is 65.9 cm³/mol. The molecule has 2 unspecified atom stereocenters. The van der Waals surface area contributed by atoms with Crippen molar-refractivity contribution in [2.75, 3.05) is 6.54 Å². The maximum Gasteiger partial charge on any atom is 0.0595 e. The standard InChI is InChI=1S/C12H15Cl2N/c1-8-12(2,5-6-15-8)9-3-4-10(13)11(14)7-9/h3-4,7-8,15H,5-6H2,1-2H3. The van der Waals surface area contributed by atoms with Crippen molar-refractivity contribution in [3.8, 4) is 0 Å². The molecule has 0 aliphatic carbocycles. The normalized spacial score (nSPS) is 30.8. The Morgan fingerprint density at radius 3 is 2.60 bits per heavy atom. The molecule has 1 heterocycles. The summed E-state index contributed by atoms with van der Waals surface area (Å²) in [5.74, 6) is 0. The van der Waals surface area contributed by atoms with Gasteiger partial charge in [-0.25, -0.2) is 0 Å². The molecule has 0 aromatic heterocycles. The van der Waals surface area contributed by atoms with Crippen LogP contribution >= 0.6 is 23.2 Å². The van der Waals surface area contributed by atoms with Crippen LogP contribution in [0.3, 0.4) is 0 Å². The molecule has 1 aromatic carbocycles. The maximum atomic E-state index is 6.05. The van der Waals surface area contributed by atoms with Crippen LogP contribution in [0.2, 0.25) is 10.0 Å². The molecule has 0 saturated carbocycles. The van der Waals surface area contributed by atoms with Crippen LogP contribution in [-0.2, 0) is 5.41 Å². The fourth-order valence-electron chi connectivity index (χ4n) is 2.24. The first kappa shape index (κ1) is 11.3. The van der Waals surface area contributed by atoms with Crippen molar-refractivity contribution < 1.29 is 0 Å². The van der Waals surface area contributed by atoms with Gasteiger partial charge in [-0.05, 0) is 37.6 Å². The summed E-state index contributed by atoms with van der Waals surface area (Å²) < 4.78 is 0. The van der Waals surface area contributed by atoms with E-state index in [0.29, 0.717) is 16.1 Å². The van der Waals surface area contributed by atoms with Gasteiger partial charge in [0.15, 0.2) is 0 Å². The fourth-order valence-corrected chi connectivity index (χ4v) is 2.53. The lowest BCUT2D eigenvalue weighted by Crippen LogP contribution is -2.35. The fraction of sp³-hybridized carbons (Fsp3) is 0.500. The summed E-state index contributed by atoms with van der Waals surface area (Å²) in [5, 5.41) is 4.74. The second-order valence-corrected chi connectivity index (χ2v) is 5.29. The van der Waals surface area contributed by atoms with Crippen LogP contribution in [-0.4, -0.2) is 12.6 Å². The van der Waals surface area contributed by atoms with Gasteiger partial charge in [-0.15, -0.1) is 0 Å². The highest BCUT2D eigenvalue weighted by Crippen LogP contribution is 2.37. The van der Waals surface area contributed by atoms with Crippen molar-refractivity contribution in [3.05, 3.63) is 33.8 Å². The molecule has 0 amide bonds. The van der Waals surface area contributed by atoms with Gasteiger partial charge < -0.3 is 5.32 Å². The summed E-state index contributed by atoms with van der Waals surface area (Å²) in [4.78, 5) is 0. The summed E-state index contributed by atoms with van der Waals surface area (Å²) in [5.41, 5.74) is 1.45. The van der Waals surface area contributed by atoms with E-state index >= 15 is 0 Å². The molecule has 1 fully saturated rings. The molecular weight excluding hydrogens is 229 g/mol. The molecule has 0 spiro atoms. The van der Waals surface area contributed by atoms with Crippen LogP contribution < -0.4 is 5.32 Å². The molecule has 15 heavy (non-hydrogen) atoms. The van der Waals surface area contributed by atoms with E-state index in [2.05, 4.69) is 25.2 Å². The Balaban J connectivity index is 2.40. The smallest absolute Gasteiger partial charge is 0.0595 e. The van der Waals surface area contributed by atoms with E-state index in [0.717, 1.165) is 13.0 Å². The van der Waals surface area contributed by atoms with E-state index in [-0.39, 0.29) is 5.41 Å². The molecule has 0 bridgehead atoms. The summed E-state index contributed by atoms with van der Waals surface area (Å²) in [7, 11) is 0. The van der Waals surface area contributed by atoms with Crippen LogP contribution in [0.15, 0.2) is 18.2 Å². The zero-order valence-corrected chi connectivity index (χ0v) is 10.5. The summed E-state index contributed by atoms with van der Waals surface area (Å²) in [6, 6.07) is 6.44. The third-order valence-electron chi connectivity index (χ3n) is 3.63. The third-order valence-corrected chi connectivity index (χ3v) is 4.37. The number of halogens is 2. The van der Waals surface area contributed by atoms with Gasteiger partial charge in [-0.3, -0.25) is 0 Å². The van der Waals surface area contributed by atoms with Crippen molar-refractivity contribution in [1.82, 2.24) is 5.32 Å². The molecule has 1 N–H and O–H groups in total. The highest BCUT2D eigenvalue weighted by molar-refractivity contribution is 6.42. The molecule has 1 aliphatic heterocycles. The lowest BCUT2D eigenvalue weighted by molar-refractivity contribution is 0.427. The molecule has 1 saturated heterocycles. The Bertz CT molecular complexity index is 378. The van der Waals surface area contributed by atoms with Crippen LogP contribution in [0.5, 0.6) is 0 Å². The van der Waals surface area contributed by atoms with E-state index in [1.54, 1.807) is 0 Å². The van der Waals surface area contributed by atoms with Gasteiger partial charge in [0.2, 0.25) is 0 Å². The van der Waals surface area contributed by atoms with Gasteiger partial charge >= 0.3 is 0 Å². The number of benzene rings is 1. The van der Waals surface area contributed by atoms with Gasteiger partial charge in [-0.2, -0.15) is 0 Å². The van der Waals surface area contributed by atoms with E-state index < -0.39 is 0 Å². The predicted octanol–water partition coefficient (Wildman–Crippen LogP) is 3.63. The Morgan fingerprint density at radius 2 is 2.07 bits per heavy atom. The summed E-state index contributed by atoms with van der Waals surface area (Å²) in [6.07, 6.45) is 1.14. The monoisotopic (exact) mass is 243 g/mol. The zero-order chi connectivity index (χ0) is 11.1. The number of nitrogens with one attached hydrogen (secondary N) is 1. The van der Waals surface area contributed by atoms with Crippen molar-refractivity contribution in [2.24, 2.45) is 0 Å². The average Bonchev–Trinajstić information content (AvgIpc) is 2.53. The van der Waals surface area contributed by atoms with E-state index in [1.807, 2.05) is 12.1 Å². The molecule has 2 rings (SSSR count). The van der Waals surface area contributed by atoms with Crippen LogP contribution in [0.25, 0.3) is 0 Å². The topological polar surface area (TPSA) is 12.0 Å². The lowest BCUT2D eigenvalue weighted by Gasteiger charge is -2.29. The van der Waals surface area contributed by atoms with Gasteiger partial charge in [0, 0.05) is 11.5 Å². The average molecular weight is 244 g/mol. The minimum Gasteiger partial charge on any atom is -0.313 e. The molecule has 82 valence electrons. The Labute approximate surface area is 101 Å². The van der Waals surface area contributed by atoms with Crippen LogP contribution in [0.4, 0.5) is 0 Å². The molecule has 3 heteroatoms. The van der Waals surface area contributed by atoms with Crippen molar-refractivity contribution >= 4 is 23.2 Å². The van der Waals surface area contributed by atoms with Gasteiger partial charge in [0.1, 0.15) is 0 Å². The minimum atomic E-state index is 0.175. The summed E-state index contributed by atoms with van der Waals surface area (Å²) in [6.45, 7) is 5.56. The van der Waals surface area contributed by atoms with E-state index in [4.69, 9.17) is 23.2 Å². The molecule has 1 aliphatic rings. The minimum absolute atomic E-state index is 0.175. The largest absolute Gasteiger partial charge is 0.313 e. The number of hydrogen-bond acceptors (Lipinski definition) is 1. The van der Waals surface area contributed by atoms with Crippen LogP contribution in [0.1, 0.15) is 25.8 Å². The Kier molecular flexibility index (Phi) is 2.98. The number of rotatable bonds is 1. The Hall–Kier alpha value is -0.240.